The highest BCUT2D eigenvalue weighted by Crippen LogP contribution is 2.31. The molecule has 0 radical (unpaired) electrons. The Kier molecular flexibility index (Phi) is 7.31. The van der Waals surface area contributed by atoms with Crippen LogP contribution in [0.15, 0.2) is 0 Å². The summed E-state index contributed by atoms with van der Waals surface area (Å²) in [6, 6.07) is 0. The number of esters is 2. The van der Waals surface area contributed by atoms with E-state index in [1.807, 2.05) is 6.92 Å². The summed E-state index contributed by atoms with van der Waals surface area (Å²) < 4.78 is 9.33. The predicted octanol–water partition coefficient (Wildman–Crippen LogP) is 1.54. The number of methoxy groups -OCH3 is 2. The number of rotatable bonds is 5. The molecule has 0 saturated heterocycles. The van der Waals surface area contributed by atoms with Gasteiger partial charge in [0.15, 0.2) is 5.41 Å². The lowest BCUT2D eigenvalue weighted by molar-refractivity contribution is -0.169. The fourth-order valence-electron chi connectivity index (χ4n) is 1.57. The standard InChI is InChI=1S/C14H18O4/c1-5-7-8-9-11-14(10-6-2,12(15)17-3)13(16)18-4/h2H,5,9-11H2,1,3-4H3. The van der Waals surface area contributed by atoms with Crippen LogP contribution in [0.3, 0.4) is 0 Å². The molecular formula is C14H18O4. The van der Waals surface area contributed by atoms with Crippen LogP contribution in [0.5, 0.6) is 0 Å². The summed E-state index contributed by atoms with van der Waals surface area (Å²) in [6.45, 7) is 1.92. The summed E-state index contributed by atoms with van der Waals surface area (Å²) in [4.78, 5) is 23.6. The van der Waals surface area contributed by atoms with Crippen molar-refractivity contribution in [2.75, 3.05) is 14.2 Å². The van der Waals surface area contributed by atoms with Gasteiger partial charge < -0.3 is 9.47 Å². The van der Waals surface area contributed by atoms with Crippen molar-refractivity contribution in [3.63, 3.8) is 0 Å². The molecule has 0 aromatic heterocycles. The van der Waals surface area contributed by atoms with E-state index in [0.717, 1.165) is 6.42 Å². The van der Waals surface area contributed by atoms with Crippen molar-refractivity contribution in [2.45, 2.75) is 32.6 Å². The molecule has 0 aliphatic heterocycles. The second-order valence-corrected chi connectivity index (χ2v) is 3.65. The van der Waals surface area contributed by atoms with Gasteiger partial charge in [-0.1, -0.05) is 6.92 Å². The fraction of sp³-hybridized carbons (Fsp3) is 0.571. The summed E-state index contributed by atoms with van der Waals surface area (Å²) in [5, 5.41) is 0. The van der Waals surface area contributed by atoms with Crippen LogP contribution in [0.2, 0.25) is 0 Å². The van der Waals surface area contributed by atoms with Gasteiger partial charge in [-0.15, -0.1) is 24.2 Å². The van der Waals surface area contributed by atoms with E-state index in [-0.39, 0.29) is 12.8 Å². The first-order chi connectivity index (χ1) is 8.58. The van der Waals surface area contributed by atoms with Gasteiger partial charge in [0.1, 0.15) is 0 Å². The van der Waals surface area contributed by atoms with E-state index in [4.69, 9.17) is 6.42 Å². The molecule has 0 spiro atoms. The van der Waals surface area contributed by atoms with E-state index < -0.39 is 17.4 Å². The Morgan fingerprint density at radius 1 is 1.17 bits per heavy atom. The fourth-order valence-corrected chi connectivity index (χ4v) is 1.57. The van der Waals surface area contributed by atoms with Crippen LogP contribution in [0, 0.1) is 29.6 Å². The molecule has 0 aromatic carbocycles. The van der Waals surface area contributed by atoms with Crippen LogP contribution >= 0.6 is 0 Å². The molecule has 0 N–H and O–H groups in total. The molecule has 18 heavy (non-hydrogen) atoms. The molecule has 0 bridgehead atoms. The Labute approximate surface area is 108 Å². The second kappa shape index (κ2) is 8.20. The first-order valence-electron chi connectivity index (χ1n) is 5.65. The van der Waals surface area contributed by atoms with Crippen molar-refractivity contribution < 1.29 is 19.1 Å². The summed E-state index contributed by atoms with van der Waals surface area (Å²) in [5.74, 6) is 6.72. The lowest BCUT2D eigenvalue weighted by Gasteiger charge is -2.25. The van der Waals surface area contributed by atoms with Gasteiger partial charge in [-0.25, -0.2) is 0 Å². The summed E-state index contributed by atoms with van der Waals surface area (Å²) in [7, 11) is 2.43. The number of carbonyl (C=O) groups is 2. The minimum Gasteiger partial charge on any atom is -0.468 e. The predicted molar refractivity (Wildman–Crippen MR) is 67.2 cm³/mol. The molecule has 0 aromatic rings. The van der Waals surface area contributed by atoms with Gasteiger partial charge >= 0.3 is 11.9 Å². The zero-order chi connectivity index (χ0) is 14.0. The molecule has 4 nitrogen and oxygen atoms in total. The van der Waals surface area contributed by atoms with Crippen LogP contribution in [0.25, 0.3) is 0 Å². The molecule has 0 aliphatic carbocycles. The summed E-state index contributed by atoms with van der Waals surface area (Å²) >= 11 is 0. The van der Waals surface area contributed by atoms with Crippen molar-refractivity contribution in [1.82, 2.24) is 0 Å². The zero-order valence-corrected chi connectivity index (χ0v) is 11.0. The molecule has 0 saturated carbocycles. The summed E-state index contributed by atoms with van der Waals surface area (Å²) in [6.07, 6.45) is 6.48. The molecule has 0 fully saturated rings. The number of carbonyl (C=O) groups excluding carboxylic acids is 2. The van der Waals surface area contributed by atoms with Crippen molar-refractivity contribution in [3.8, 4) is 24.2 Å². The van der Waals surface area contributed by atoms with Gasteiger partial charge in [0.25, 0.3) is 0 Å². The van der Waals surface area contributed by atoms with Gasteiger partial charge in [0, 0.05) is 19.3 Å². The average molecular weight is 250 g/mol. The van der Waals surface area contributed by atoms with Gasteiger partial charge in [0.05, 0.1) is 14.2 Å². The zero-order valence-electron chi connectivity index (χ0n) is 11.0. The van der Waals surface area contributed by atoms with Crippen molar-refractivity contribution in [1.29, 1.82) is 0 Å². The Morgan fingerprint density at radius 2 is 1.72 bits per heavy atom. The van der Waals surface area contributed by atoms with Crippen LogP contribution in [-0.4, -0.2) is 26.2 Å². The molecule has 4 heteroatoms. The Bertz CT molecular complexity index is 376. The highest BCUT2D eigenvalue weighted by molar-refractivity contribution is 6.00. The van der Waals surface area contributed by atoms with Crippen LogP contribution < -0.4 is 0 Å². The SMILES string of the molecule is C#CCC(CCC#CCC)(C(=O)OC)C(=O)OC. The summed E-state index contributed by atoms with van der Waals surface area (Å²) in [5.41, 5.74) is -1.44. The van der Waals surface area contributed by atoms with Gasteiger partial charge in [-0.2, -0.15) is 0 Å². The second-order valence-electron chi connectivity index (χ2n) is 3.65. The lowest BCUT2D eigenvalue weighted by atomic mass is 9.80. The topological polar surface area (TPSA) is 52.6 Å². The molecule has 0 rings (SSSR count). The third kappa shape index (κ3) is 3.82. The molecule has 98 valence electrons. The van der Waals surface area contributed by atoms with Crippen LogP contribution in [0.4, 0.5) is 0 Å². The maximum atomic E-state index is 11.8. The van der Waals surface area contributed by atoms with E-state index in [1.54, 1.807) is 0 Å². The molecule has 0 unspecified atom stereocenters. The van der Waals surface area contributed by atoms with Crippen molar-refractivity contribution >= 4 is 11.9 Å². The van der Waals surface area contributed by atoms with Gasteiger partial charge in [-0.05, 0) is 6.42 Å². The lowest BCUT2D eigenvalue weighted by Crippen LogP contribution is -2.41. The van der Waals surface area contributed by atoms with Crippen LogP contribution in [0.1, 0.15) is 32.6 Å². The highest BCUT2D eigenvalue weighted by atomic mass is 16.5. The van der Waals surface area contributed by atoms with Crippen LogP contribution in [-0.2, 0) is 19.1 Å². The molecule has 0 amide bonds. The smallest absolute Gasteiger partial charge is 0.324 e. The number of ether oxygens (including phenoxy) is 2. The maximum Gasteiger partial charge on any atom is 0.324 e. The minimum atomic E-state index is -1.44. The van der Waals surface area contributed by atoms with E-state index in [9.17, 15) is 9.59 Å². The third-order valence-electron chi connectivity index (χ3n) is 2.53. The normalized spacial score (nSPS) is 9.67. The van der Waals surface area contributed by atoms with E-state index >= 15 is 0 Å². The third-order valence-corrected chi connectivity index (χ3v) is 2.53. The Balaban J connectivity index is 5.14. The van der Waals surface area contributed by atoms with Gasteiger partial charge in [-0.3, -0.25) is 9.59 Å². The first-order valence-corrected chi connectivity index (χ1v) is 5.65. The number of hydrogen-bond acceptors (Lipinski definition) is 4. The Hall–Kier alpha value is -1.94. The van der Waals surface area contributed by atoms with E-state index in [1.165, 1.54) is 14.2 Å². The van der Waals surface area contributed by atoms with Crippen molar-refractivity contribution in [2.24, 2.45) is 5.41 Å². The first kappa shape index (κ1) is 16.1. The van der Waals surface area contributed by atoms with E-state index in [2.05, 4.69) is 27.2 Å². The molecule has 0 aliphatic rings. The average Bonchev–Trinajstić information content (AvgIpc) is 2.40. The largest absolute Gasteiger partial charge is 0.468 e. The number of hydrogen-bond donors (Lipinski definition) is 0. The maximum absolute atomic E-state index is 11.8. The minimum absolute atomic E-state index is 0.0554. The molecule has 0 atom stereocenters. The van der Waals surface area contributed by atoms with Crippen molar-refractivity contribution in [3.05, 3.63) is 0 Å². The molecular weight excluding hydrogens is 232 g/mol. The molecule has 0 heterocycles. The highest BCUT2D eigenvalue weighted by Gasteiger charge is 2.47. The van der Waals surface area contributed by atoms with E-state index in [0.29, 0.717) is 6.42 Å². The number of terminal acetylenes is 1. The van der Waals surface area contributed by atoms with Gasteiger partial charge in [0.2, 0.25) is 0 Å². The Morgan fingerprint density at radius 3 is 2.11 bits per heavy atom. The quantitative estimate of drug-likeness (QED) is 0.422. The monoisotopic (exact) mass is 250 g/mol.